The van der Waals surface area contributed by atoms with Crippen molar-refractivity contribution in [3.63, 3.8) is 0 Å². The maximum absolute atomic E-state index is 13.0. The largest absolute Gasteiger partial charge is 0.352 e. The molecule has 3 nitrogen and oxygen atoms in total. The Hall–Kier alpha value is -0.570. The molecule has 3 heteroatoms. The van der Waals surface area contributed by atoms with Gasteiger partial charge in [-0.15, -0.1) is 0 Å². The van der Waals surface area contributed by atoms with Crippen LogP contribution in [0.3, 0.4) is 0 Å². The normalized spacial score (nSPS) is 50.1. The predicted octanol–water partition coefficient (Wildman–Crippen LogP) is 2.46. The van der Waals surface area contributed by atoms with Gasteiger partial charge in [0.1, 0.15) is 0 Å². The van der Waals surface area contributed by atoms with Crippen LogP contribution in [0, 0.1) is 22.7 Å². The highest BCUT2D eigenvalue weighted by Gasteiger charge is 2.58. The zero-order valence-corrected chi connectivity index (χ0v) is 12.7. The van der Waals surface area contributed by atoms with E-state index in [1.54, 1.807) is 0 Å². The molecule has 3 atom stereocenters. The lowest BCUT2D eigenvalue weighted by Crippen LogP contribution is -2.59. The number of nitrogens with one attached hydrogen (secondary N) is 2. The van der Waals surface area contributed by atoms with Gasteiger partial charge in [-0.05, 0) is 75.2 Å². The summed E-state index contributed by atoms with van der Waals surface area (Å²) in [5, 5.41) is 6.80. The number of rotatable bonds is 2. The van der Waals surface area contributed by atoms with Gasteiger partial charge in [-0.1, -0.05) is 6.92 Å². The third kappa shape index (κ3) is 2.09. The second-order valence-corrected chi connectivity index (χ2v) is 8.57. The van der Waals surface area contributed by atoms with E-state index in [4.69, 9.17) is 0 Å². The van der Waals surface area contributed by atoms with E-state index in [1.165, 1.54) is 38.5 Å². The van der Waals surface area contributed by atoms with Gasteiger partial charge >= 0.3 is 0 Å². The molecular weight excluding hydrogens is 248 g/mol. The van der Waals surface area contributed by atoms with Crippen LogP contribution in [-0.4, -0.2) is 25.0 Å². The molecule has 4 saturated carbocycles. The minimum Gasteiger partial charge on any atom is -0.352 e. The summed E-state index contributed by atoms with van der Waals surface area (Å²) in [4.78, 5) is 13.0. The van der Waals surface area contributed by atoms with Gasteiger partial charge in [0, 0.05) is 12.6 Å². The number of amides is 1. The molecule has 5 fully saturated rings. The first-order valence-electron chi connectivity index (χ1n) is 8.59. The molecule has 0 radical (unpaired) electrons. The van der Waals surface area contributed by atoms with Crippen LogP contribution in [0.15, 0.2) is 0 Å². The Morgan fingerprint density at radius 2 is 1.95 bits per heavy atom. The standard InChI is InChI=1S/C17H28N2O/c1-16-6-12-5-13(7-16)9-17(8-12,11-16)15(20)19-14-3-2-4-18-10-14/h12-14,18H,2-11H2,1H3,(H,19,20)/t12?,13?,14-,16?,17?/m1/s1. The summed E-state index contributed by atoms with van der Waals surface area (Å²) in [6.07, 6.45) is 10.00. The molecule has 4 aliphatic carbocycles. The zero-order valence-electron chi connectivity index (χ0n) is 12.7. The maximum atomic E-state index is 13.0. The van der Waals surface area contributed by atoms with Gasteiger partial charge in [0.15, 0.2) is 0 Å². The molecule has 20 heavy (non-hydrogen) atoms. The fourth-order valence-corrected chi connectivity index (χ4v) is 6.30. The Labute approximate surface area is 122 Å². The lowest BCUT2D eigenvalue weighted by atomic mass is 9.44. The molecule has 0 spiro atoms. The van der Waals surface area contributed by atoms with E-state index in [0.29, 0.717) is 17.4 Å². The van der Waals surface area contributed by atoms with E-state index in [-0.39, 0.29) is 5.41 Å². The number of piperidine rings is 1. The maximum Gasteiger partial charge on any atom is 0.226 e. The van der Waals surface area contributed by atoms with Crippen molar-refractivity contribution >= 4 is 5.91 Å². The molecule has 2 unspecified atom stereocenters. The smallest absolute Gasteiger partial charge is 0.226 e. The van der Waals surface area contributed by atoms with Crippen LogP contribution in [0.1, 0.15) is 58.3 Å². The van der Waals surface area contributed by atoms with Crippen molar-refractivity contribution in [3.05, 3.63) is 0 Å². The number of carbonyl (C=O) groups is 1. The van der Waals surface area contributed by atoms with E-state index < -0.39 is 0 Å². The predicted molar refractivity (Wildman–Crippen MR) is 79.3 cm³/mol. The van der Waals surface area contributed by atoms with Gasteiger partial charge < -0.3 is 10.6 Å². The number of hydrogen-bond acceptors (Lipinski definition) is 2. The van der Waals surface area contributed by atoms with Crippen LogP contribution in [0.5, 0.6) is 0 Å². The van der Waals surface area contributed by atoms with Gasteiger partial charge in [-0.2, -0.15) is 0 Å². The summed E-state index contributed by atoms with van der Waals surface area (Å²) in [7, 11) is 0. The first-order valence-corrected chi connectivity index (χ1v) is 8.59. The summed E-state index contributed by atoms with van der Waals surface area (Å²) >= 11 is 0. The van der Waals surface area contributed by atoms with Crippen LogP contribution in [-0.2, 0) is 4.79 Å². The molecule has 1 saturated heterocycles. The fraction of sp³-hybridized carbons (Fsp3) is 0.941. The van der Waals surface area contributed by atoms with Crippen molar-refractivity contribution in [2.45, 2.75) is 64.3 Å². The van der Waals surface area contributed by atoms with Crippen molar-refractivity contribution in [2.24, 2.45) is 22.7 Å². The molecule has 4 bridgehead atoms. The molecular formula is C17H28N2O. The molecule has 112 valence electrons. The van der Waals surface area contributed by atoms with Crippen LogP contribution in [0.4, 0.5) is 0 Å². The van der Waals surface area contributed by atoms with Crippen molar-refractivity contribution in [1.82, 2.24) is 10.6 Å². The highest BCUT2D eigenvalue weighted by molar-refractivity contribution is 5.83. The fourth-order valence-electron chi connectivity index (χ4n) is 6.30. The van der Waals surface area contributed by atoms with Crippen LogP contribution < -0.4 is 10.6 Å². The van der Waals surface area contributed by atoms with Gasteiger partial charge in [0.2, 0.25) is 5.91 Å². The minimum atomic E-state index is -0.00369. The second-order valence-electron chi connectivity index (χ2n) is 8.57. The highest BCUT2D eigenvalue weighted by Crippen LogP contribution is 2.65. The number of carbonyl (C=O) groups excluding carboxylic acids is 1. The molecule has 2 N–H and O–H groups in total. The summed E-state index contributed by atoms with van der Waals surface area (Å²) in [5.74, 6) is 2.06. The lowest BCUT2D eigenvalue weighted by Gasteiger charge is -2.60. The van der Waals surface area contributed by atoms with Crippen LogP contribution >= 0.6 is 0 Å². The Balaban J connectivity index is 1.50. The molecule has 5 rings (SSSR count). The second kappa shape index (κ2) is 4.46. The Morgan fingerprint density at radius 1 is 1.20 bits per heavy atom. The van der Waals surface area contributed by atoms with Gasteiger partial charge in [-0.3, -0.25) is 4.79 Å². The topological polar surface area (TPSA) is 41.1 Å². The van der Waals surface area contributed by atoms with E-state index in [9.17, 15) is 4.79 Å². The third-order valence-electron chi connectivity index (χ3n) is 6.47. The first-order chi connectivity index (χ1) is 9.57. The summed E-state index contributed by atoms with van der Waals surface area (Å²) in [5.41, 5.74) is 0.461. The average Bonchev–Trinajstić information content (AvgIpc) is 2.37. The Morgan fingerprint density at radius 3 is 2.55 bits per heavy atom. The number of hydrogen-bond donors (Lipinski definition) is 2. The Kier molecular flexibility index (Phi) is 2.93. The third-order valence-corrected chi connectivity index (χ3v) is 6.47. The molecule has 0 aromatic rings. The van der Waals surface area contributed by atoms with E-state index in [2.05, 4.69) is 17.6 Å². The van der Waals surface area contributed by atoms with Crippen molar-refractivity contribution in [1.29, 1.82) is 0 Å². The first kappa shape index (κ1) is 13.1. The monoisotopic (exact) mass is 276 g/mol. The summed E-state index contributed by atoms with van der Waals surface area (Å²) < 4.78 is 0. The zero-order chi connectivity index (χ0) is 13.8. The van der Waals surface area contributed by atoms with Crippen molar-refractivity contribution < 1.29 is 4.79 Å². The molecule has 0 aromatic carbocycles. The molecule has 1 amide bonds. The van der Waals surface area contributed by atoms with E-state index in [0.717, 1.165) is 37.8 Å². The minimum absolute atomic E-state index is 0.00369. The van der Waals surface area contributed by atoms with Crippen molar-refractivity contribution in [2.75, 3.05) is 13.1 Å². The van der Waals surface area contributed by atoms with Crippen LogP contribution in [0.25, 0.3) is 0 Å². The molecule has 1 heterocycles. The van der Waals surface area contributed by atoms with Crippen molar-refractivity contribution in [3.8, 4) is 0 Å². The Bertz CT molecular complexity index is 399. The summed E-state index contributed by atoms with van der Waals surface area (Å²) in [6, 6.07) is 0.372. The summed E-state index contributed by atoms with van der Waals surface area (Å²) in [6.45, 7) is 4.51. The molecule has 5 aliphatic rings. The quantitative estimate of drug-likeness (QED) is 0.813. The molecule has 0 aromatic heterocycles. The van der Waals surface area contributed by atoms with E-state index >= 15 is 0 Å². The van der Waals surface area contributed by atoms with Gasteiger partial charge in [-0.25, -0.2) is 0 Å². The van der Waals surface area contributed by atoms with Gasteiger partial charge in [0.05, 0.1) is 5.41 Å². The van der Waals surface area contributed by atoms with Gasteiger partial charge in [0.25, 0.3) is 0 Å². The highest BCUT2D eigenvalue weighted by atomic mass is 16.2. The SMILES string of the molecule is CC12CC3CC(C1)CC(C(=O)N[C@@H]1CCCNC1)(C3)C2. The van der Waals surface area contributed by atoms with E-state index in [1.807, 2.05) is 0 Å². The average molecular weight is 276 g/mol. The molecule has 1 aliphatic heterocycles. The lowest BCUT2D eigenvalue weighted by molar-refractivity contribution is -0.156. The van der Waals surface area contributed by atoms with Crippen LogP contribution in [0.2, 0.25) is 0 Å².